The van der Waals surface area contributed by atoms with Crippen molar-refractivity contribution in [1.29, 1.82) is 0 Å². The van der Waals surface area contributed by atoms with Gasteiger partial charge >= 0.3 is 24.4 Å². The van der Waals surface area contributed by atoms with Gasteiger partial charge in [0.05, 0.1) is 17.1 Å². The third kappa shape index (κ3) is 27.5. The Labute approximate surface area is 780 Å². The number of anilines is 6. The first-order valence-corrected chi connectivity index (χ1v) is 48.4. The quantitative estimate of drug-likeness (QED) is 0.123. The summed E-state index contributed by atoms with van der Waals surface area (Å²) in [5, 5.41) is 10.6. The summed E-state index contributed by atoms with van der Waals surface area (Å²) in [6, 6.07) is 40.3. The van der Waals surface area contributed by atoms with E-state index in [1.54, 1.807) is 21.6 Å². The van der Waals surface area contributed by atoms with Gasteiger partial charge in [-0.3, -0.25) is 19.5 Å². The topological polar surface area (TPSA) is 175 Å². The van der Waals surface area contributed by atoms with Crippen molar-refractivity contribution in [3.8, 4) is 0 Å². The van der Waals surface area contributed by atoms with E-state index >= 15 is 0 Å². The van der Waals surface area contributed by atoms with Crippen LogP contribution in [0.4, 0.5) is 53.3 Å². The third-order valence-corrected chi connectivity index (χ3v) is 26.8. The van der Waals surface area contributed by atoms with E-state index in [1.807, 2.05) is 92.9 Å². The SMILES string of the molecule is CC(=O)N1CCC2(CC1)CCN(C(=O)OC(C)(C)C)c1ccc(C(C)(C)C)cc12.CC(C)(C)OC(=O)N1CCC(C)(C)c2ccc(C(C)(C)C)cc21.CC(C)(C)OC(=O)N1CCC2(CCNc3cc(C(C)(C)C)ccc32)CC1.CC(C)(C)OC(=O)N1CCCc2ccc(C(C)(C)C)cc21.CC(C)(C)c1ccc2c(c1)NCCC2.CC(C)(C)c1ccc2c(c1)NCCC2(C)C. The molecule has 5 amide bonds. The number of amides is 5. The van der Waals surface area contributed by atoms with E-state index in [0.29, 0.717) is 18.5 Å². The largest absolute Gasteiger partial charge is 0.444 e. The van der Waals surface area contributed by atoms with Crippen LogP contribution in [0.15, 0.2) is 109 Å². The average Bonchev–Trinajstić information content (AvgIpc) is 0.748. The second kappa shape index (κ2) is 39.2. The van der Waals surface area contributed by atoms with Crippen molar-refractivity contribution in [3.05, 3.63) is 176 Å². The number of nitrogens with one attached hydrogen (secondary N) is 3. The predicted octanol–water partition coefficient (Wildman–Crippen LogP) is 27.6. The van der Waals surface area contributed by atoms with E-state index in [0.717, 1.165) is 127 Å². The van der Waals surface area contributed by atoms with Gasteiger partial charge in [0, 0.05) is 100 Å². The molecular formula is C112H170N8O9. The normalized spacial score (nSPS) is 18.0. The average molecular weight is 1770 g/mol. The van der Waals surface area contributed by atoms with E-state index in [2.05, 4.69) is 277 Å². The molecular weight excluding hydrogens is 1600 g/mol. The number of hydrogen-bond donors (Lipinski definition) is 3. The summed E-state index contributed by atoms with van der Waals surface area (Å²) in [7, 11) is 0. The number of hydrogen-bond acceptors (Lipinski definition) is 12. The van der Waals surface area contributed by atoms with Crippen molar-refractivity contribution >= 4 is 64.4 Å². The Bertz CT molecular complexity index is 4900. The standard InChI is InChI=1S/C24H36N2O3.C22H34N2O2.C20H31NO2.C18H27NO2.C15H23N.C13H19N/c1-17(27)25-13-10-24(11-14-25)12-15-26(21(28)29-23(5,6)7)20-9-8-18(16-19(20)24)22(2,3)4;1-20(2,3)16-7-8-17-18(15-16)23-12-9-22(17)10-13-24(14-11-22)19(25)26-21(4,5)6;1-18(2,3)14-9-10-15-16(13-14)21(12-11-20(15,7)8)17(22)23-19(4,5)6;1-17(2,3)14-10-9-13-8-7-11-19(15(13)12-14)16(20)21-18(4,5)6;1-14(2,3)11-6-7-12-13(10-11)16-9-8-15(12,4)5;1-13(2,3)11-7-6-10-5-4-8-14-12(10)9-11/h8-9,16H,10-15H2,1-7H3;7-8,15,23H,9-14H2,1-6H3;9-10,13H,11-12H2,1-8H3;9-10,12H,7-8,11H2,1-6H3;6-7,10,16H,8-9H2,1-5H3;6-7,9,14H,4-5,8H2,1-3H3. The minimum absolute atomic E-state index is 0.0149. The number of likely N-dealkylation sites (tertiary alicyclic amines) is 2. The molecule has 3 N–H and O–H groups in total. The summed E-state index contributed by atoms with van der Waals surface area (Å²) in [5.74, 6) is 0.148. The molecule has 6 aromatic rings. The molecule has 0 unspecified atom stereocenters. The minimum Gasteiger partial charge on any atom is -0.444 e. The second-order valence-corrected chi connectivity index (χ2v) is 49.4. The van der Waals surface area contributed by atoms with Crippen LogP contribution in [-0.2, 0) is 90.7 Å². The highest BCUT2D eigenvalue weighted by atomic mass is 16.6. The lowest BCUT2D eigenvalue weighted by Crippen LogP contribution is -2.50. The molecule has 0 bridgehead atoms. The number of carbonyl (C=O) groups excluding carboxylic acids is 5. The molecule has 0 saturated carbocycles. The van der Waals surface area contributed by atoms with Gasteiger partial charge in [0.1, 0.15) is 22.4 Å². The summed E-state index contributed by atoms with van der Waals surface area (Å²) < 4.78 is 22.4. The maximum Gasteiger partial charge on any atom is 0.414 e. The van der Waals surface area contributed by atoms with Gasteiger partial charge in [-0.15, -0.1) is 0 Å². The molecule has 0 radical (unpaired) electrons. The van der Waals surface area contributed by atoms with E-state index < -0.39 is 22.4 Å². The molecule has 712 valence electrons. The zero-order chi connectivity index (χ0) is 96.4. The highest BCUT2D eigenvalue weighted by molar-refractivity contribution is 5.92. The van der Waals surface area contributed by atoms with Crippen LogP contribution in [-0.4, -0.2) is 128 Å². The van der Waals surface area contributed by atoms with Crippen molar-refractivity contribution in [2.75, 3.05) is 96.1 Å². The lowest BCUT2D eigenvalue weighted by atomic mass is 9.67. The van der Waals surface area contributed by atoms with Gasteiger partial charge < -0.3 is 44.7 Å². The van der Waals surface area contributed by atoms with E-state index in [-0.39, 0.29) is 79.0 Å². The van der Waals surface area contributed by atoms with Crippen LogP contribution in [0.1, 0.15) is 373 Å². The Hall–Kier alpha value is -8.73. The summed E-state index contributed by atoms with van der Waals surface area (Å²) in [6.45, 7) is 82.3. The number of benzene rings is 6. The first-order chi connectivity index (χ1) is 59.1. The molecule has 2 saturated heterocycles. The Morgan fingerprint density at radius 2 is 0.620 bits per heavy atom. The van der Waals surface area contributed by atoms with Crippen LogP contribution in [0.25, 0.3) is 0 Å². The lowest BCUT2D eigenvalue weighted by molar-refractivity contribution is -0.130. The smallest absolute Gasteiger partial charge is 0.414 e. The van der Waals surface area contributed by atoms with Crippen LogP contribution in [0.2, 0.25) is 0 Å². The Morgan fingerprint density at radius 3 is 1.09 bits per heavy atom. The number of piperidine rings is 2. The molecule has 129 heavy (non-hydrogen) atoms. The van der Waals surface area contributed by atoms with E-state index in [4.69, 9.17) is 18.9 Å². The van der Waals surface area contributed by atoms with Gasteiger partial charge in [-0.05, 0) is 307 Å². The molecule has 2 spiro atoms. The molecule has 8 heterocycles. The number of aryl methyl sites for hydroxylation is 2. The summed E-state index contributed by atoms with van der Waals surface area (Å²) in [4.78, 5) is 71.4. The highest BCUT2D eigenvalue weighted by Gasteiger charge is 2.47. The van der Waals surface area contributed by atoms with Crippen LogP contribution in [0, 0.1) is 0 Å². The lowest BCUT2D eigenvalue weighted by Gasteiger charge is -2.48. The monoisotopic (exact) mass is 1770 g/mol. The van der Waals surface area contributed by atoms with Gasteiger partial charge in [0.25, 0.3) is 0 Å². The minimum atomic E-state index is -0.523. The van der Waals surface area contributed by atoms with Crippen molar-refractivity contribution in [2.24, 2.45) is 0 Å². The zero-order valence-corrected chi connectivity index (χ0v) is 86.9. The fourth-order valence-electron chi connectivity index (χ4n) is 18.5. The Morgan fingerprint density at radius 1 is 0.287 bits per heavy atom. The van der Waals surface area contributed by atoms with Gasteiger partial charge in [-0.1, -0.05) is 225 Å². The van der Waals surface area contributed by atoms with Crippen LogP contribution in [0.3, 0.4) is 0 Å². The first-order valence-electron chi connectivity index (χ1n) is 48.4. The van der Waals surface area contributed by atoms with Crippen molar-refractivity contribution < 1.29 is 42.9 Å². The number of ether oxygens (including phenoxy) is 4. The second-order valence-electron chi connectivity index (χ2n) is 49.4. The number of nitrogens with zero attached hydrogens (tertiary/aromatic N) is 5. The molecule has 2 fully saturated rings. The molecule has 0 atom stereocenters. The van der Waals surface area contributed by atoms with E-state index in [1.165, 1.54) is 103 Å². The van der Waals surface area contributed by atoms with Gasteiger partial charge in [-0.25, -0.2) is 19.2 Å². The maximum absolute atomic E-state index is 12.9. The Kier molecular flexibility index (Phi) is 31.6. The zero-order valence-electron chi connectivity index (χ0n) is 86.9. The van der Waals surface area contributed by atoms with Crippen molar-refractivity contribution in [2.45, 2.75) is 396 Å². The Balaban J connectivity index is 0.000000177. The molecule has 14 rings (SSSR count). The number of fused-ring (bicyclic) bond motifs is 8. The summed E-state index contributed by atoms with van der Waals surface area (Å²) in [6.07, 6.45) is 11.7. The van der Waals surface area contributed by atoms with Crippen molar-refractivity contribution in [3.63, 3.8) is 0 Å². The fraction of sp³-hybridized carbons (Fsp3) is 0.634. The first kappa shape index (κ1) is 104. The van der Waals surface area contributed by atoms with Crippen LogP contribution in [0.5, 0.6) is 0 Å². The summed E-state index contributed by atoms with van der Waals surface area (Å²) in [5.41, 5.74) is 22.5. The summed E-state index contributed by atoms with van der Waals surface area (Å²) >= 11 is 0. The van der Waals surface area contributed by atoms with Crippen molar-refractivity contribution in [1.82, 2.24) is 9.80 Å². The third-order valence-electron chi connectivity index (χ3n) is 26.8. The molecule has 0 aromatic heterocycles. The maximum atomic E-state index is 12.9. The highest BCUT2D eigenvalue weighted by Crippen LogP contribution is 2.51. The fourth-order valence-corrected chi connectivity index (χ4v) is 18.5. The number of carbonyl (C=O) groups is 5. The molecule has 0 aliphatic carbocycles. The molecule has 8 aliphatic rings. The van der Waals surface area contributed by atoms with Gasteiger partial charge in [-0.2, -0.15) is 0 Å². The molecule has 8 aliphatic heterocycles. The van der Waals surface area contributed by atoms with Gasteiger partial charge in [0.2, 0.25) is 5.91 Å². The van der Waals surface area contributed by atoms with E-state index in [9.17, 15) is 24.0 Å². The molecule has 6 aromatic carbocycles. The molecule has 17 nitrogen and oxygen atoms in total. The van der Waals surface area contributed by atoms with Crippen LogP contribution >= 0.6 is 0 Å². The van der Waals surface area contributed by atoms with Crippen LogP contribution < -0.4 is 30.7 Å². The number of rotatable bonds is 0. The molecule has 17 heteroatoms. The van der Waals surface area contributed by atoms with Gasteiger partial charge in [0.15, 0.2) is 0 Å². The predicted molar refractivity (Wildman–Crippen MR) is 540 cm³/mol.